The van der Waals surface area contributed by atoms with Crippen molar-refractivity contribution in [3.63, 3.8) is 0 Å². The lowest BCUT2D eigenvalue weighted by molar-refractivity contribution is -0.139. The maximum absolute atomic E-state index is 11.7. The molecule has 0 bridgehead atoms. The standard InChI is InChI=1S/C10H10BrIN2O3/c1-17-10(16)7(12)5-14-9(15)8-6(11)3-2-4-13-8/h2-4,7H,5H2,1H3,(H,14,15). The molecule has 1 rings (SSSR count). The summed E-state index contributed by atoms with van der Waals surface area (Å²) in [6.45, 7) is 0.203. The van der Waals surface area contributed by atoms with Gasteiger partial charge in [0.25, 0.3) is 5.91 Å². The zero-order valence-corrected chi connectivity index (χ0v) is 12.7. The van der Waals surface area contributed by atoms with Crippen LogP contribution in [0, 0.1) is 0 Å². The Bertz CT molecular complexity index is 428. The van der Waals surface area contributed by atoms with Crippen molar-refractivity contribution in [2.45, 2.75) is 3.92 Å². The average Bonchev–Trinajstić information content (AvgIpc) is 2.35. The van der Waals surface area contributed by atoms with Crippen molar-refractivity contribution in [1.82, 2.24) is 10.3 Å². The predicted octanol–water partition coefficient (Wildman–Crippen LogP) is 1.55. The van der Waals surface area contributed by atoms with Crippen LogP contribution in [0.2, 0.25) is 0 Å². The van der Waals surface area contributed by atoms with Gasteiger partial charge < -0.3 is 10.1 Å². The van der Waals surface area contributed by atoms with Gasteiger partial charge in [-0.2, -0.15) is 0 Å². The normalized spacial score (nSPS) is 11.7. The maximum atomic E-state index is 11.7. The van der Waals surface area contributed by atoms with E-state index < -0.39 is 3.92 Å². The topological polar surface area (TPSA) is 68.3 Å². The van der Waals surface area contributed by atoms with Crippen LogP contribution >= 0.6 is 38.5 Å². The summed E-state index contributed by atoms with van der Waals surface area (Å²) in [6, 6.07) is 3.44. The lowest BCUT2D eigenvalue weighted by atomic mass is 10.3. The van der Waals surface area contributed by atoms with Crippen molar-refractivity contribution in [1.29, 1.82) is 0 Å². The molecule has 1 aromatic heterocycles. The van der Waals surface area contributed by atoms with Crippen LogP contribution in [0.4, 0.5) is 0 Å². The lowest BCUT2D eigenvalue weighted by Gasteiger charge is -2.09. The number of carbonyl (C=O) groups is 2. The molecule has 92 valence electrons. The fourth-order valence-electron chi connectivity index (χ4n) is 1.03. The smallest absolute Gasteiger partial charge is 0.320 e. The highest BCUT2D eigenvalue weighted by molar-refractivity contribution is 14.1. The number of carbonyl (C=O) groups excluding carboxylic acids is 2. The van der Waals surface area contributed by atoms with E-state index in [2.05, 4.69) is 31.0 Å². The van der Waals surface area contributed by atoms with Crippen LogP contribution < -0.4 is 5.32 Å². The van der Waals surface area contributed by atoms with Crippen LogP contribution in [0.1, 0.15) is 10.5 Å². The van der Waals surface area contributed by atoms with Crippen molar-refractivity contribution in [2.75, 3.05) is 13.7 Å². The molecule has 0 spiro atoms. The molecular formula is C10H10BrIN2O3. The number of methoxy groups -OCH3 is 1. The minimum Gasteiger partial charge on any atom is -0.468 e. The van der Waals surface area contributed by atoms with E-state index in [4.69, 9.17) is 0 Å². The number of nitrogens with zero attached hydrogens (tertiary/aromatic N) is 1. The molecule has 1 N–H and O–H groups in total. The van der Waals surface area contributed by atoms with Gasteiger partial charge in [0.15, 0.2) is 0 Å². The fraction of sp³-hybridized carbons (Fsp3) is 0.300. The molecule has 0 aliphatic heterocycles. The summed E-state index contributed by atoms with van der Waals surface area (Å²) >= 11 is 5.14. The Morgan fingerprint density at radius 3 is 2.94 bits per heavy atom. The summed E-state index contributed by atoms with van der Waals surface area (Å²) in [6.07, 6.45) is 1.53. The number of rotatable bonds is 4. The molecule has 1 aromatic rings. The predicted molar refractivity (Wildman–Crippen MR) is 74.1 cm³/mol. The summed E-state index contributed by atoms with van der Waals surface area (Å²) in [5, 5.41) is 2.62. The average molecular weight is 413 g/mol. The number of pyridine rings is 1. The third-order valence-electron chi connectivity index (χ3n) is 1.87. The number of amides is 1. The van der Waals surface area contributed by atoms with E-state index >= 15 is 0 Å². The summed E-state index contributed by atoms with van der Waals surface area (Å²) in [5.74, 6) is -0.700. The van der Waals surface area contributed by atoms with Gasteiger partial charge in [0, 0.05) is 17.2 Å². The van der Waals surface area contributed by atoms with Gasteiger partial charge in [-0.05, 0) is 28.1 Å². The number of aromatic nitrogens is 1. The highest BCUT2D eigenvalue weighted by atomic mass is 127. The number of nitrogens with one attached hydrogen (secondary N) is 1. The first kappa shape index (κ1) is 14.4. The number of hydrogen-bond acceptors (Lipinski definition) is 4. The van der Waals surface area contributed by atoms with Crippen LogP contribution in [0.3, 0.4) is 0 Å². The summed E-state index contributed by atoms with van der Waals surface area (Å²) in [5.41, 5.74) is 0.293. The van der Waals surface area contributed by atoms with Crippen LogP contribution in [0.25, 0.3) is 0 Å². The fourth-order valence-corrected chi connectivity index (χ4v) is 1.94. The highest BCUT2D eigenvalue weighted by Crippen LogP contribution is 2.13. The van der Waals surface area contributed by atoms with E-state index in [1.54, 1.807) is 12.1 Å². The Labute approximate surface area is 121 Å². The van der Waals surface area contributed by atoms with Crippen molar-refractivity contribution < 1.29 is 14.3 Å². The summed E-state index contributed by atoms with van der Waals surface area (Å²) < 4.78 is 4.75. The zero-order valence-electron chi connectivity index (χ0n) is 8.94. The van der Waals surface area contributed by atoms with Gasteiger partial charge in [0.2, 0.25) is 0 Å². The first-order valence-electron chi connectivity index (χ1n) is 4.67. The number of ether oxygens (including phenoxy) is 1. The Morgan fingerprint density at radius 1 is 1.65 bits per heavy atom. The summed E-state index contributed by atoms with van der Waals surface area (Å²) in [7, 11) is 1.31. The number of esters is 1. The minimum absolute atomic E-state index is 0.203. The third-order valence-corrected chi connectivity index (χ3v) is 3.46. The quantitative estimate of drug-likeness (QED) is 0.463. The van der Waals surface area contributed by atoms with Crippen LogP contribution in [-0.4, -0.2) is 34.4 Å². The van der Waals surface area contributed by atoms with Crippen LogP contribution in [-0.2, 0) is 9.53 Å². The lowest BCUT2D eigenvalue weighted by Crippen LogP contribution is -2.34. The molecule has 17 heavy (non-hydrogen) atoms. The molecule has 0 aromatic carbocycles. The Balaban J connectivity index is 2.57. The molecule has 0 saturated carbocycles. The van der Waals surface area contributed by atoms with Crippen molar-refractivity contribution in [3.8, 4) is 0 Å². The zero-order chi connectivity index (χ0) is 12.8. The van der Waals surface area contributed by atoms with E-state index in [-0.39, 0.29) is 18.4 Å². The van der Waals surface area contributed by atoms with Gasteiger partial charge in [0.05, 0.1) is 7.11 Å². The van der Waals surface area contributed by atoms with Crippen molar-refractivity contribution in [3.05, 3.63) is 28.5 Å². The van der Waals surface area contributed by atoms with E-state index in [0.29, 0.717) is 10.2 Å². The molecule has 5 nitrogen and oxygen atoms in total. The second kappa shape index (κ2) is 6.90. The Hall–Kier alpha value is -0.700. The number of alkyl halides is 1. The molecule has 0 saturated heterocycles. The van der Waals surface area contributed by atoms with E-state index in [0.717, 1.165) is 0 Å². The minimum atomic E-state index is -0.413. The van der Waals surface area contributed by atoms with Crippen molar-refractivity contribution in [2.24, 2.45) is 0 Å². The van der Waals surface area contributed by atoms with Crippen LogP contribution in [0.5, 0.6) is 0 Å². The first-order valence-corrected chi connectivity index (χ1v) is 6.70. The monoisotopic (exact) mass is 412 g/mol. The Morgan fingerprint density at radius 2 is 2.35 bits per heavy atom. The molecular weight excluding hydrogens is 403 g/mol. The van der Waals surface area contributed by atoms with Gasteiger partial charge in [-0.3, -0.25) is 9.59 Å². The molecule has 1 heterocycles. The van der Waals surface area contributed by atoms with Gasteiger partial charge >= 0.3 is 5.97 Å². The van der Waals surface area contributed by atoms with E-state index in [9.17, 15) is 9.59 Å². The van der Waals surface area contributed by atoms with E-state index in [1.807, 2.05) is 22.6 Å². The maximum Gasteiger partial charge on any atom is 0.320 e. The second-order valence-corrected chi connectivity index (χ2v) is 5.39. The molecule has 1 atom stereocenters. The van der Waals surface area contributed by atoms with Gasteiger partial charge in [0.1, 0.15) is 9.62 Å². The third kappa shape index (κ3) is 4.23. The largest absolute Gasteiger partial charge is 0.468 e. The molecule has 0 radical (unpaired) electrons. The summed E-state index contributed by atoms with van der Waals surface area (Å²) in [4.78, 5) is 26.8. The molecule has 0 fully saturated rings. The molecule has 0 aliphatic carbocycles. The number of halogens is 2. The van der Waals surface area contributed by atoms with Gasteiger partial charge in [-0.25, -0.2) is 4.98 Å². The van der Waals surface area contributed by atoms with Crippen LogP contribution in [0.15, 0.2) is 22.8 Å². The SMILES string of the molecule is COC(=O)C(I)CNC(=O)c1ncccc1Br. The molecule has 1 amide bonds. The van der Waals surface area contributed by atoms with E-state index in [1.165, 1.54) is 13.3 Å². The first-order chi connectivity index (χ1) is 8.06. The second-order valence-electron chi connectivity index (χ2n) is 3.03. The molecule has 7 heteroatoms. The van der Waals surface area contributed by atoms with Gasteiger partial charge in [-0.15, -0.1) is 0 Å². The molecule has 1 unspecified atom stereocenters. The van der Waals surface area contributed by atoms with Crippen molar-refractivity contribution >= 4 is 50.4 Å². The van der Waals surface area contributed by atoms with Gasteiger partial charge in [-0.1, -0.05) is 22.6 Å². The Kier molecular flexibility index (Phi) is 5.83. The molecule has 0 aliphatic rings. The number of hydrogen-bond donors (Lipinski definition) is 1. The highest BCUT2D eigenvalue weighted by Gasteiger charge is 2.17.